The quantitative estimate of drug-likeness (QED) is 0.746. The van der Waals surface area contributed by atoms with E-state index < -0.39 is 0 Å². The van der Waals surface area contributed by atoms with Crippen LogP contribution >= 0.6 is 0 Å². The van der Waals surface area contributed by atoms with Crippen LogP contribution in [0.3, 0.4) is 0 Å². The molecule has 114 valence electrons. The summed E-state index contributed by atoms with van der Waals surface area (Å²) in [6.45, 7) is 10.8. The molecule has 0 aromatic carbocycles. The van der Waals surface area contributed by atoms with Gasteiger partial charge in [0.05, 0.1) is 6.61 Å². The Balaban J connectivity index is 2.27. The molecule has 0 bridgehead atoms. The third-order valence-electron chi connectivity index (χ3n) is 4.96. The molecule has 19 heavy (non-hydrogen) atoms. The fraction of sp³-hybridized carbons (Fsp3) is 1.00. The maximum Gasteiger partial charge on any atom is 0.0610 e. The third-order valence-corrected chi connectivity index (χ3v) is 4.96. The van der Waals surface area contributed by atoms with Crippen LogP contribution in [-0.2, 0) is 0 Å². The van der Waals surface area contributed by atoms with Crippen LogP contribution in [0, 0.1) is 11.8 Å². The third kappa shape index (κ3) is 5.80. The highest BCUT2D eigenvalue weighted by atomic mass is 16.3. The van der Waals surface area contributed by atoms with Crippen molar-refractivity contribution in [1.82, 2.24) is 10.2 Å². The monoisotopic (exact) mass is 270 g/mol. The van der Waals surface area contributed by atoms with E-state index in [1.807, 2.05) is 7.05 Å². The number of nitrogens with one attached hydrogen (secondary N) is 1. The second-order valence-electron chi connectivity index (χ2n) is 6.85. The van der Waals surface area contributed by atoms with Crippen molar-refractivity contribution in [3.8, 4) is 0 Å². The van der Waals surface area contributed by atoms with Gasteiger partial charge in [-0.2, -0.15) is 0 Å². The number of hydrogen-bond acceptors (Lipinski definition) is 3. The highest BCUT2D eigenvalue weighted by Gasteiger charge is 2.22. The normalized spacial score (nSPS) is 25.3. The SMILES string of the molecule is CNC(C)(CO)CCCN1CCCC(C(C)C)CC1. The fourth-order valence-electron chi connectivity index (χ4n) is 3.05. The number of likely N-dealkylation sites (tertiary alicyclic amines) is 1. The first-order valence-electron chi connectivity index (χ1n) is 8.03. The average molecular weight is 270 g/mol. The van der Waals surface area contributed by atoms with E-state index in [9.17, 15) is 5.11 Å². The molecule has 2 atom stereocenters. The summed E-state index contributed by atoms with van der Waals surface area (Å²) in [4.78, 5) is 2.62. The van der Waals surface area contributed by atoms with Crippen LogP contribution in [0.1, 0.15) is 52.9 Å². The molecule has 2 N–H and O–H groups in total. The van der Waals surface area contributed by atoms with Crippen molar-refractivity contribution >= 4 is 0 Å². The number of aliphatic hydroxyl groups excluding tert-OH is 1. The highest BCUT2D eigenvalue weighted by Crippen LogP contribution is 2.24. The molecule has 1 aliphatic heterocycles. The molecular formula is C16H34N2O. The van der Waals surface area contributed by atoms with Crippen LogP contribution < -0.4 is 5.32 Å². The predicted molar refractivity (Wildman–Crippen MR) is 82.4 cm³/mol. The Kier molecular flexibility index (Phi) is 7.33. The van der Waals surface area contributed by atoms with Gasteiger partial charge in [0, 0.05) is 5.54 Å². The number of likely N-dealkylation sites (N-methyl/N-ethyl adjacent to an activating group) is 1. The Hall–Kier alpha value is -0.120. The average Bonchev–Trinajstić information content (AvgIpc) is 2.64. The molecule has 2 unspecified atom stereocenters. The lowest BCUT2D eigenvalue weighted by Crippen LogP contribution is -2.44. The molecule has 0 radical (unpaired) electrons. The van der Waals surface area contributed by atoms with Gasteiger partial charge in [0.25, 0.3) is 0 Å². The molecule has 0 aromatic heterocycles. The molecule has 3 heteroatoms. The summed E-state index contributed by atoms with van der Waals surface area (Å²) in [6, 6.07) is 0. The number of hydrogen-bond donors (Lipinski definition) is 2. The smallest absolute Gasteiger partial charge is 0.0610 e. The molecule has 0 spiro atoms. The highest BCUT2D eigenvalue weighted by molar-refractivity contribution is 4.81. The number of rotatable bonds is 7. The minimum atomic E-state index is -0.105. The minimum absolute atomic E-state index is 0.105. The molecular weight excluding hydrogens is 236 g/mol. The van der Waals surface area contributed by atoms with E-state index in [0.717, 1.165) is 18.3 Å². The summed E-state index contributed by atoms with van der Waals surface area (Å²) in [5.41, 5.74) is -0.105. The summed E-state index contributed by atoms with van der Waals surface area (Å²) in [5, 5.41) is 12.6. The van der Waals surface area contributed by atoms with Crippen molar-refractivity contribution < 1.29 is 5.11 Å². The largest absolute Gasteiger partial charge is 0.394 e. The summed E-state index contributed by atoms with van der Waals surface area (Å²) in [6.07, 6.45) is 6.33. The van der Waals surface area contributed by atoms with Crippen molar-refractivity contribution in [2.75, 3.05) is 33.3 Å². The van der Waals surface area contributed by atoms with Crippen LogP contribution in [0.15, 0.2) is 0 Å². The van der Waals surface area contributed by atoms with E-state index in [1.54, 1.807) is 0 Å². The van der Waals surface area contributed by atoms with Gasteiger partial charge in [-0.1, -0.05) is 13.8 Å². The minimum Gasteiger partial charge on any atom is -0.394 e. The zero-order valence-electron chi connectivity index (χ0n) is 13.4. The Bertz CT molecular complexity index is 239. The number of nitrogens with zero attached hydrogens (tertiary/aromatic N) is 1. The Morgan fingerprint density at radius 3 is 2.63 bits per heavy atom. The molecule has 1 aliphatic rings. The van der Waals surface area contributed by atoms with Gasteiger partial charge >= 0.3 is 0 Å². The van der Waals surface area contributed by atoms with Crippen LogP contribution in [0.25, 0.3) is 0 Å². The van der Waals surface area contributed by atoms with Gasteiger partial charge in [-0.3, -0.25) is 0 Å². The maximum atomic E-state index is 9.39. The lowest BCUT2D eigenvalue weighted by molar-refractivity contribution is 0.163. The van der Waals surface area contributed by atoms with E-state index in [4.69, 9.17) is 0 Å². The van der Waals surface area contributed by atoms with Gasteiger partial charge in [0.2, 0.25) is 0 Å². The van der Waals surface area contributed by atoms with Crippen LogP contribution in [0.4, 0.5) is 0 Å². The van der Waals surface area contributed by atoms with Gasteiger partial charge in [-0.25, -0.2) is 0 Å². The van der Waals surface area contributed by atoms with E-state index in [1.165, 1.54) is 45.3 Å². The molecule has 3 nitrogen and oxygen atoms in total. The second kappa shape index (κ2) is 8.23. The van der Waals surface area contributed by atoms with Crippen LogP contribution in [0.2, 0.25) is 0 Å². The molecule has 0 amide bonds. The Morgan fingerprint density at radius 2 is 2.05 bits per heavy atom. The first kappa shape index (κ1) is 16.9. The van der Waals surface area contributed by atoms with E-state index >= 15 is 0 Å². The zero-order valence-corrected chi connectivity index (χ0v) is 13.4. The van der Waals surface area contributed by atoms with Gasteiger partial charge in [0.15, 0.2) is 0 Å². The Labute approximate surface area is 119 Å². The first-order valence-corrected chi connectivity index (χ1v) is 8.03. The van der Waals surface area contributed by atoms with E-state index in [0.29, 0.717) is 0 Å². The summed E-state index contributed by atoms with van der Waals surface area (Å²) in [7, 11) is 1.94. The first-order chi connectivity index (χ1) is 9.00. The fourth-order valence-corrected chi connectivity index (χ4v) is 3.05. The lowest BCUT2D eigenvalue weighted by atomic mass is 9.89. The van der Waals surface area contributed by atoms with Crippen molar-refractivity contribution in [2.45, 2.75) is 58.4 Å². The zero-order chi connectivity index (χ0) is 14.3. The van der Waals surface area contributed by atoms with Crippen molar-refractivity contribution in [3.05, 3.63) is 0 Å². The lowest BCUT2D eigenvalue weighted by Gasteiger charge is -2.28. The maximum absolute atomic E-state index is 9.39. The van der Waals surface area contributed by atoms with Crippen LogP contribution in [-0.4, -0.2) is 48.8 Å². The molecule has 0 saturated carbocycles. The van der Waals surface area contributed by atoms with Gasteiger partial charge in [-0.05, 0) is 77.5 Å². The van der Waals surface area contributed by atoms with Gasteiger partial charge < -0.3 is 15.3 Å². The molecule has 0 aliphatic carbocycles. The van der Waals surface area contributed by atoms with Crippen molar-refractivity contribution in [3.63, 3.8) is 0 Å². The van der Waals surface area contributed by atoms with Gasteiger partial charge in [-0.15, -0.1) is 0 Å². The van der Waals surface area contributed by atoms with Crippen molar-refractivity contribution in [2.24, 2.45) is 11.8 Å². The standard InChI is InChI=1S/C16H34N2O/c1-14(2)15-7-5-10-18(12-8-15)11-6-9-16(3,13-19)17-4/h14-15,17,19H,5-13H2,1-4H3. The van der Waals surface area contributed by atoms with Gasteiger partial charge in [0.1, 0.15) is 0 Å². The van der Waals surface area contributed by atoms with Crippen LogP contribution in [0.5, 0.6) is 0 Å². The summed E-state index contributed by atoms with van der Waals surface area (Å²) < 4.78 is 0. The molecule has 1 fully saturated rings. The van der Waals surface area contributed by atoms with E-state index in [-0.39, 0.29) is 12.1 Å². The molecule has 0 aromatic rings. The van der Waals surface area contributed by atoms with E-state index in [2.05, 4.69) is 31.0 Å². The summed E-state index contributed by atoms with van der Waals surface area (Å²) in [5.74, 6) is 1.76. The molecule has 1 heterocycles. The topological polar surface area (TPSA) is 35.5 Å². The second-order valence-corrected chi connectivity index (χ2v) is 6.85. The predicted octanol–water partition coefficient (Wildman–Crippen LogP) is 2.50. The molecule has 1 saturated heterocycles. The van der Waals surface area contributed by atoms with Crippen molar-refractivity contribution in [1.29, 1.82) is 0 Å². The molecule has 1 rings (SSSR count). The number of aliphatic hydroxyl groups is 1. The summed E-state index contributed by atoms with van der Waals surface area (Å²) >= 11 is 0. The Morgan fingerprint density at radius 1 is 1.32 bits per heavy atom.